The van der Waals surface area contributed by atoms with Crippen molar-refractivity contribution in [2.45, 2.75) is 13.0 Å². The van der Waals surface area contributed by atoms with Crippen LogP contribution in [-0.2, 0) is 4.79 Å². The molecule has 1 atom stereocenters. The second-order valence-corrected chi connectivity index (χ2v) is 8.08. The van der Waals surface area contributed by atoms with Crippen molar-refractivity contribution in [2.75, 3.05) is 31.4 Å². The van der Waals surface area contributed by atoms with Crippen LogP contribution < -0.4 is 21.5 Å². The van der Waals surface area contributed by atoms with E-state index < -0.39 is 0 Å². The number of amides is 3. The van der Waals surface area contributed by atoms with Crippen LogP contribution in [0.5, 0.6) is 0 Å². The number of carbonyl (C=O) groups is 2. The first-order valence-electron chi connectivity index (χ1n) is 10.7. The standard InChI is InChI=1S/C24H25N7O3/c1-14-19-6-4-15(16-8-18(11-25-10-16)30-24(34)31(2)3)9-20(19)22(28-13-27-14)23(33)29-17-5-7-21(32)26-12-17/h4-12,14,27H,13H2,1-3H3,(H,26,32)(H,29,33)(H,30,34)/t14-/m1/s1. The Balaban J connectivity index is 1.69. The summed E-state index contributed by atoms with van der Waals surface area (Å²) >= 11 is 0. The van der Waals surface area contributed by atoms with Crippen LogP contribution in [0.15, 0.2) is 64.8 Å². The van der Waals surface area contributed by atoms with Crippen molar-refractivity contribution in [1.29, 1.82) is 0 Å². The Morgan fingerprint density at radius 3 is 2.59 bits per heavy atom. The van der Waals surface area contributed by atoms with Gasteiger partial charge in [0.25, 0.3) is 5.91 Å². The fourth-order valence-electron chi connectivity index (χ4n) is 3.55. The van der Waals surface area contributed by atoms with E-state index in [1.165, 1.54) is 23.2 Å². The van der Waals surface area contributed by atoms with Crippen molar-refractivity contribution in [3.63, 3.8) is 0 Å². The van der Waals surface area contributed by atoms with Gasteiger partial charge in [-0.15, -0.1) is 0 Å². The number of urea groups is 1. The van der Waals surface area contributed by atoms with Crippen molar-refractivity contribution in [3.8, 4) is 11.1 Å². The molecule has 0 saturated carbocycles. The van der Waals surface area contributed by atoms with Crippen LogP contribution in [0.25, 0.3) is 11.1 Å². The third-order valence-corrected chi connectivity index (χ3v) is 5.40. The molecule has 1 aliphatic heterocycles. The molecule has 0 aliphatic carbocycles. The van der Waals surface area contributed by atoms with Crippen LogP contribution in [0, 0.1) is 0 Å². The van der Waals surface area contributed by atoms with Crippen LogP contribution in [0.3, 0.4) is 0 Å². The van der Waals surface area contributed by atoms with Crippen molar-refractivity contribution in [3.05, 3.63) is 76.5 Å². The molecule has 10 nitrogen and oxygen atoms in total. The normalized spacial score (nSPS) is 14.9. The fraction of sp³-hybridized carbons (Fsp3) is 0.208. The minimum absolute atomic E-state index is 0.0185. The maximum Gasteiger partial charge on any atom is 0.321 e. The van der Waals surface area contributed by atoms with Gasteiger partial charge in [0.05, 0.1) is 24.2 Å². The van der Waals surface area contributed by atoms with Gasteiger partial charge in [0, 0.05) is 49.7 Å². The Labute approximate surface area is 196 Å². The zero-order valence-corrected chi connectivity index (χ0v) is 19.0. The van der Waals surface area contributed by atoms with Crippen molar-refractivity contribution in [2.24, 2.45) is 4.99 Å². The number of aliphatic imine (C=N–C) groups is 1. The topological polar surface area (TPSA) is 132 Å². The molecule has 3 amide bonds. The highest BCUT2D eigenvalue weighted by Gasteiger charge is 2.23. The van der Waals surface area contributed by atoms with E-state index in [9.17, 15) is 14.4 Å². The predicted molar refractivity (Wildman–Crippen MR) is 131 cm³/mol. The van der Waals surface area contributed by atoms with Gasteiger partial charge in [-0.3, -0.25) is 24.9 Å². The number of nitrogens with zero attached hydrogens (tertiary/aromatic N) is 3. The Morgan fingerprint density at radius 2 is 1.85 bits per heavy atom. The molecule has 34 heavy (non-hydrogen) atoms. The maximum atomic E-state index is 13.1. The first-order chi connectivity index (χ1) is 16.3. The van der Waals surface area contributed by atoms with Gasteiger partial charge in [0.15, 0.2) is 0 Å². The molecule has 0 fully saturated rings. The number of aromatic amines is 1. The monoisotopic (exact) mass is 459 g/mol. The summed E-state index contributed by atoms with van der Waals surface area (Å²) < 4.78 is 0. The molecule has 1 aliphatic rings. The van der Waals surface area contributed by atoms with Crippen LogP contribution in [0.2, 0.25) is 0 Å². The number of hydrogen-bond donors (Lipinski definition) is 4. The largest absolute Gasteiger partial charge is 0.331 e. The predicted octanol–water partition coefficient (Wildman–Crippen LogP) is 2.58. The lowest BCUT2D eigenvalue weighted by atomic mass is 9.93. The number of benzene rings is 1. The van der Waals surface area contributed by atoms with Gasteiger partial charge in [0.1, 0.15) is 5.71 Å². The van der Waals surface area contributed by atoms with Crippen molar-refractivity contribution >= 4 is 29.0 Å². The quantitative estimate of drug-likeness (QED) is 0.476. The number of carbonyl (C=O) groups excluding carboxylic acids is 2. The summed E-state index contributed by atoms with van der Waals surface area (Å²) in [5.41, 5.74) is 4.28. The second-order valence-electron chi connectivity index (χ2n) is 8.08. The Kier molecular flexibility index (Phi) is 6.51. The number of H-pyrrole nitrogens is 1. The summed E-state index contributed by atoms with van der Waals surface area (Å²) in [4.78, 5) is 49.2. The lowest BCUT2D eigenvalue weighted by Crippen LogP contribution is -2.27. The Hall–Kier alpha value is -4.31. The van der Waals surface area contributed by atoms with E-state index in [4.69, 9.17) is 0 Å². The number of rotatable bonds is 4. The highest BCUT2D eigenvalue weighted by atomic mass is 16.2. The minimum atomic E-state index is -0.383. The summed E-state index contributed by atoms with van der Waals surface area (Å²) in [6.07, 6.45) is 4.71. The number of pyridine rings is 2. The molecule has 4 rings (SSSR count). The third kappa shape index (κ3) is 5.02. The molecular formula is C24H25N7O3. The van der Waals surface area contributed by atoms with Crippen LogP contribution in [0.4, 0.5) is 16.2 Å². The SMILES string of the molecule is C[C@H]1NCN=C(C(=O)Nc2ccc(=O)[nH]c2)c2cc(-c3cncc(NC(=O)N(C)C)c3)ccc21. The zero-order valence-electron chi connectivity index (χ0n) is 19.0. The lowest BCUT2D eigenvalue weighted by molar-refractivity contribution is -0.110. The molecule has 0 bridgehead atoms. The van der Waals surface area contributed by atoms with E-state index in [0.29, 0.717) is 16.9 Å². The molecule has 174 valence electrons. The third-order valence-electron chi connectivity index (χ3n) is 5.40. The minimum Gasteiger partial charge on any atom is -0.331 e. The molecule has 1 aromatic carbocycles. The molecule has 3 heterocycles. The average molecular weight is 460 g/mol. The van der Waals surface area contributed by atoms with E-state index in [-0.39, 0.29) is 35.9 Å². The molecule has 0 unspecified atom stereocenters. The van der Waals surface area contributed by atoms with Gasteiger partial charge in [0.2, 0.25) is 5.56 Å². The second kappa shape index (κ2) is 9.67. The molecule has 0 saturated heterocycles. The molecule has 0 radical (unpaired) electrons. The molecule has 10 heteroatoms. The van der Waals surface area contributed by atoms with E-state index in [2.05, 4.69) is 30.9 Å². The van der Waals surface area contributed by atoms with Crippen molar-refractivity contribution < 1.29 is 9.59 Å². The number of aromatic nitrogens is 2. The number of anilines is 2. The summed E-state index contributed by atoms with van der Waals surface area (Å²) in [7, 11) is 3.32. The van der Waals surface area contributed by atoms with Crippen LogP contribution in [-0.4, -0.2) is 53.3 Å². The molecule has 4 N–H and O–H groups in total. The number of hydrogen-bond acceptors (Lipinski definition) is 6. The van der Waals surface area contributed by atoms with Gasteiger partial charge in [-0.05, 0) is 36.2 Å². The van der Waals surface area contributed by atoms with Gasteiger partial charge in [-0.2, -0.15) is 0 Å². The summed E-state index contributed by atoms with van der Waals surface area (Å²) in [6, 6.07) is 10.2. The molecule has 2 aromatic heterocycles. The lowest BCUT2D eigenvalue weighted by Gasteiger charge is -2.16. The Morgan fingerprint density at radius 1 is 1.03 bits per heavy atom. The van der Waals surface area contributed by atoms with Gasteiger partial charge < -0.3 is 20.5 Å². The molecule has 0 spiro atoms. The van der Waals surface area contributed by atoms with E-state index in [1.54, 1.807) is 26.5 Å². The Bertz CT molecular complexity index is 1310. The number of nitrogens with one attached hydrogen (secondary N) is 4. The molecular weight excluding hydrogens is 434 g/mol. The smallest absolute Gasteiger partial charge is 0.321 e. The van der Waals surface area contributed by atoms with Gasteiger partial charge >= 0.3 is 6.03 Å². The highest BCUT2D eigenvalue weighted by Crippen LogP contribution is 2.29. The summed E-state index contributed by atoms with van der Waals surface area (Å²) in [5.74, 6) is -0.383. The number of fused-ring (bicyclic) bond motifs is 1. The van der Waals surface area contributed by atoms with E-state index in [0.717, 1.165) is 16.7 Å². The highest BCUT2D eigenvalue weighted by molar-refractivity contribution is 6.49. The fourth-order valence-corrected chi connectivity index (χ4v) is 3.55. The molecule has 3 aromatic rings. The summed E-state index contributed by atoms with van der Waals surface area (Å²) in [6.45, 7) is 2.29. The first kappa shape index (κ1) is 22.9. The zero-order chi connectivity index (χ0) is 24.2. The first-order valence-corrected chi connectivity index (χ1v) is 10.7. The van der Waals surface area contributed by atoms with Crippen molar-refractivity contribution in [1.82, 2.24) is 20.2 Å². The van der Waals surface area contributed by atoms with E-state index >= 15 is 0 Å². The summed E-state index contributed by atoms with van der Waals surface area (Å²) in [5, 5.41) is 8.86. The average Bonchev–Trinajstić information content (AvgIpc) is 2.99. The van der Waals surface area contributed by atoms with Gasteiger partial charge in [-0.1, -0.05) is 12.1 Å². The van der Waals surface area contributed by atoms with Crippen LogP contribution >= 0.6 is 0 Å². The van der Waals surface area contributed by atoms with Crippen LogP contribution in [0.1, 0.15) is 24.1 Å². The van der Waals surface area contributed by atoms with E-state index in [1.807, 2.05) is 31.2 Å². The van der Waals surface area contributed by atoms with Gasteiger partial charge in [-0.25, -0.2) is 4.79 Å². The maximum absolute atomic E-state index is 13.1.